The van der Waals surface area contributed by atoms with Gasteiger partial charge in [0.1, 0.15) is 27.7 Å². The largest absolute Gasteiger partial charge is 0.467 e. The summed E-state index contributed by atoms with van der Waals surface area (Å²) in [6, 6.07) is 16.4. The highest BCUT2D eigenvalue weighted by atomic mass is 32.2. The number of aromatic nitrogens is 2. The Hall–Kier alpha value is -3.08. The maximum absolute atomic E-state index is 13.1. The number of sulfonamides is 1. The van der Waals surface area contributed by atoms with E-state index >= 15 is 0 Å². The lowest BCUT2D eigenvalue weighted by atomic mass is 10.1. The third-order valence-electron chi connectivity index (χ3n) is 4.45. The molecule has 0 bridgehead atoms. The standard InChI is InChI=1S/C20H18N4O4S2/c25-20(21-13-15-8-5-11-28-15)17(12-14-6-2-1-3-7-14)24-30(26,27)18-10-4-9-16-19(18)23-29-22-16/h1-11,17,24H,12-13H2,(H,21,25)/t17-/m0/s1. The minimum absolute atomic E-state index is 0.00866. The monoisotopic (exact) mass is 442 g/mol. The van der Waals surface area contributed by atoms with E-state index < -0.39 is 22.0 Å². The summed E-state index contributed by atoms with van der Waals surface area (Å²) < 4.78 is 42.2. The van der Waals surface area contributed by atoms with Gasteiger partial charge in [-0.25, -0.2) is 8.42 Å². The number of carbonyl (C=O) groups excluding carboxylic acids is 1. The fourth-order valence-electron chi connectivity index (χ4n) is 3.00. The molecule has 0 saturated heterocycles. The van der Waals surface area contributed by atoms with E-state index in [1.807, 2.05) is 30.3 Å². The Kier molecular flexibility index (Phi) is 5.88. The zero-order chi connectivity index (χ0) is 21.0. The van der Waals surface area contributed by atoms with Crippen molar-refractivity contribution in [2.75, 3.05) is 0 Å². The van der Waals surface area contributed by atoms with Crippen molar-refractivity contribution >= 4 is 38.7 Å². The summed E-state index contributed by atoms with van der Waals surface area (Å²) in [5.41, 5.74) is 1.60. The highest BCUT2D eigenvalue weighted by Gasteiger charge is 2.28. The molecule has 4 rings (SSSR count). The summed E-state index contributed by atoms with van der Waals surface area (Å²) in [5, 5.41) is 2.73. The van der Waals surface area contributed by atoms with Crippen LogP contribution in [0.4, 0.5) is 0 Å². The van der Waals surface area contributed by atoms with E-state index in [0.29, 0.717) is 11.3 Å². The van der Waals surface area contributed by atoms with Crippen LogP contribution in [0.5, 0.6) is 0 Å². The number of amides is 1. The fraction of sp³-hybridized carbons (Fsp3) is 0.150. The zero-order valence-corrected chi connectivity index (χ0v) is 17.3. The second-order valence-electron chi connectivity index (χ2n) is 6.55. The van der Waals surface area contributed by atoms with Gasteiger partial charge in [-0.15, -0.1) is 0 Å². The lowest BCUT2D eigenvalue weighted by Crippen LogP contribution is -2.47. The van der Waals surface area contributed by atoms with Crippen LogP contribution in [0.2, 0.25) is 0 Å². The van der Waals surface area contributed by atoms with Crippen molar-refractivity contribution in [1.29, 1.82) is 0 Å². The normalized spacial score (nSPS) is 12.7. The molecule has 0 aliphatic carbocycles. The Labute approximate surface area is 177 Å². The van der Waals surface area contributed by atoms with Crippen LogP contribution in [0.3, 0.4) is 0 Å². The van der Waals surface area contributed by atoms with E-state index in [1.165, 1.54) is 12.3 Å². The molecule has 2 heterocycles. The molecular formula is C20H18N4O4S2. The number of fused-ring (bicyclic) bond motifs is 1. The van der Waals surface area contributed by atoms with E-state index in [1.54, 1.807) is 24.3 Å². The quantitative estimate of drug-likeness (QED) is 0.433. The number of benzene rings is 2. The molecule has 2 aromatic heterocycles. The summed E-state index contributed by atoms with van der Waals surface area (Å²) >= 11 is 0.936. The first-order valence-electron chi connectivity index (χ1n) is 9.10. The number of carbonyl (C=O) groups is 1. The lowest BCUT2D eigenvalue weighted by molar-refractivity contribution is -0.122. The molecule has 0 spiro atoms. The molecular weight excluding hydrogens is 424 g/mol. The number of furan rings is 1. The molecule has 1 atom stereocenters. The van der Waals surface area contributed by atoms with Crippen molar-refractivity contribution in [3.63, 3.8) is 0 Å². The first kappa shape index (κ1) is 20.2. The highest BCUT2D eigenvalue weighted by molar-refractivity contribution is 7.89. The average molecular weight is 443 g/mol. The van der Waals surface area contributed by atoms with Gasteiger partial charge in [0.2, 0.25) is 15.9 Å². The lowest BCUT2D eigenvalue weighted by Gasteiger charge is -2.18. The second kappa shape index (κ2) is 8.74. The Balaban J connectivity index is 1.59. The van der Waals surface area contributed by atoms with Crippen molar-refractivity contribution in [3.8, 4) is 0 Å². The average Bonchev–Trinajstić information content (AvgIpc) is 3.43. The SMILES string of the molecule is O=C(NCc1ccco1)[C@H](Cc1ccccc1)NS(=O)(=O)c1cccc2nsnc12. The van der Waals surface area contributed by atoms with E-state index in [4.69, 9.17) is 4.42 Å². The smallest absolute Gasteiger partial charge is 0.243 e. The fourth-order valence-corrected chi connectivity index (χ4v) is 4.96. The van der Waals surface area contributed by atoms with E-state index in [-0.39, 0.29) is 23.4 Å². The first-order valence-corrected chi connectivity index (χ1v) is 11.3. The van der Waals surface area contributed by atoms with E-state index in [0.717, 1.165) is 17.3 Å². The molecule has 8 nitrogen and oxygen atoms in total. The zero-order valence-electron chi connectivity index (χ0n) is 15.7. The van der Waals surface area contributed by atoms with E-state index in [9.17, 15) is 13.2 Å². The summed E-state index contributed by atoms with van der Waals surface area (Å²) in [4.78, 5) is 12.9. The molecule has 30 heavy (non-hydrogen) atoms. The van der Waals surface area contributed by atoms with Gasteiger partial charge in [-0.1, -0.05) is 36.4 Å². The van der Waals surface area contributed by atoms with Gasteiger partial charge >= 0.3 is 0 Å². The highest BCUT2D eigenvalue weighted by Crippen LogP contribution is 2.21. The minimum atomic E-state index is -4.02. The van der Waals surface area contributed by atoms with Crippen LogP contribution in [0.15, 0.2) is 76.2 Å². The molecule has 2 aromatic carbocycles. The third kappa shape index (κ3) is 4.56. The molecule has 0 aliphatic heterocycles. The van der Waals surface area contributed by atoms with Gasteiger partial charge in [0, 0.05) is 0 Å². The van der Waals surface area contributed by atoms with Gasteiger partial charge in [0.05, 0.1) is 24.5 Å². The number of rotatable bonds is 8. The molecule has 0 fully saturated rings. The van der Waals surface area contributed by atoms with Crippen molar-refractivity contribution in [1.82, 2.24) is 18.8 Å². The molecule has 4 aromatic rings. The Morgan fingerprint density at radius 2 is 1.87 bits per heavy atom. The maximum atomic E-state index is 13.1. The van der Waals surface area contributed by atoms with Crippen molar-refractivity contribution in [2.45, 2.75) is 23.9 Å². The van der Waals surface area contributed by atoms with Gasteiger partial charge < -0.3 is 9.73 Å². The number of hydrogen-bond donors (Lipinski definition) is 2. The molecule has 0 aliphatic rings. The topological polar surface area (TPSA) is 114 Å². The molecule has 10 heteroatoms. The molecule has 2 N–H and O–H groups in total. The third-order valence-corrected chi connectivity index (χ3v) is 6.50. The Bertz CT molecular complexity index is 1240. The summed E-state index contributed by atoms with van der Waals surface area (Å²) in [7, 11) is -4.02. The van der Waals surface area contributed by atoms with Crippen molar-refractivity contribution in [2.24, 2.45) is 0 Å². The van der Waals surface area contributed by atoms with Crippen LogP contribution >= 0.6 is 11.7 Å². The molecule has 0 radical (unpaired) electrons. The molecule has 0 unspecified atom stereocenters. The van der Waals surface area contributed by atoms with Crippen LogP contribution in [0.1, 0.15) is 11.3 Å². The number of hydrogen-bond acceptors (Lipinski definition) is 7. The maximum Gasteiger partial charge on any atom is 0.243 e. The second-order valence-corrected chi connectivity index (χ2v) is 8.76. The Morgan fingerprint density at radius 1 is 1.03 bits per heavy atom. The van der Waals surface area contributed by atoms with Crippen LogP contribution in [0.25, 0.3) is 11.0 Å². The first-order chi connectivity index (χ1) is 14.5. The van der Waals surface area contributed by atoms with Crippen LogP contribution in [0, 0.1) is 0 Å². The summed E-state index contributed by atoms with van der Waals surface area (Å²) in [6.45, 7) is 0.157. The minimum Gasteiger partial charge on any atom is -0.467 e. The van der Waals surface area contributed by atoms with Crippen molar-refractivity contribution in [3.05, 3.63) is 78.3 Å². The van der Waals surface area contributed by atoms with Gasteiger partial charge in [0.15, 0.2) is 0 Å². The summed E-state index contributed by atoms with van der Waals surface area (Å²) in [5.74, 6) is 0.116. The molecule has 0 saturated carbocycles. The van der Waals surface area contributed by atoms with Gasteiger partial charge in [-0.2, -0.15) is 13.5 Å². The van der Waals surface area contributed by atoms with E-state index in [2.05, 4.69) is 18.8 Å². The van der Waals surface area contributed by atoms with Gasteiger partial charge in [-0.05, 0) is 36.2 Å². The molecule has 1 amide bonds. The predicted octanol–water partition coefficient (Wildman–Crippen LogP) is 2.49. The Morgan fingerprint density at radius 3 is 2.63 bits per heavy atom. The number of nitrogens with zero attached hydrogens (tertiary/aromatic N) is 2. The van der Waals surface area contributed by atoms with Gasteiger partial charge in [0.25, 0.3) is 0 Å². The van der Waals surface area contributed by atoms with Gasteiger partial charge in [-0.3, -0.25) is 4.79 Å². The summed E-state index contributed by atoms with van der Waals surface area (Å²) in [6.07, 6.45) is 1.70. The van der Waals surface area contributed by atoms with Crippen LogP contribution < -0.4 is 10.0 Å². The van der Waals surface area contributed by atoms with Crippen LogP contribution in [-0.4, -0.2) is 29.1 Å². The molecule has 154 valence electrons. The van der Waals surface area contributed by atoms with Crippen LogP contribution in [-0.2, 0) is 27.8 Å². The van der Waals surface area contributed by atoms with Crippen molar-refractivity contribution < 1.29 is 17.6 Å². The predicted molar refractivity (Wildman–Crippen MR) is 112 cm³/mol. The number of nitrogens with one attached hydrogen (secondary N) is 2.